The van der Waals surface area contributed by atoms with E-state index in [0.29, 0.717) is 0 Å². The molecule has 0 atom stereocenters. The summed E-state index contributed by atoms with van der Waals surface area (Å²) in [4.78, 5) is 6.48. The van der Waals surface area contributed by atoms with Crippen molar-refractivity contribution in [3.8, 4) is 0 Å². The van der Waals surface area contributed by atoms with E-state index in [2.05, 4.69) is 58.6 Å². The van der Waals surface area contributed by atoms with Gasteiger partial charge in [-0.2, -0.15) is 0 Å². The zero-order valence-electron chi connectivity index (χ0n) is 11.3. The minimum Gasteiger partial charge on any atom is -0.340 e. The summed E-state index contributed by atoms with van der Waals surface area (Å²) < 4.78 is 1.34. The second-order valence-corrected chi connectivity index (χ2v) is 5.39. The van der Waals surface area contributed by atoms with E-state index in [4.69, 9.17) is 0 Å². The molecule has 20 heavy (non-hydrogen) atoms. The minimum atomic E-state index is 0. The molecule has 0 N–H and O–H groups in total. The summed E-state index contributed by atoms with van der Waals surface area (Å²) in [7, 11) is 0. The van der Waals surface area contributed by atoms with Gasteiger partial charge in [-0.25, -0.2) is 0 Å². The first-order valence-electron chi connectivity index (χ1n) is 6.54. The van der Waals surface area contributed by atoms with Crippen molar-refractivity contribution in [3.05, 3.63) is 54.2 Å². The highest BCUT2D eigenvalue weighted by atomic mass is 35.5. The summed E-state index contributed by atoms with van der Waals surface area (Å²) in [6, 6.07) is 12.7. The lowest BCUT2D eigenvalue weighted by Gasteiger charge is -2.23. The van der Waals surface area contributed by atoms with Crippen molar-refractivity contribution in [2.24, 2.45) is 0 Å². The van der Waals surface area contributed by atoms with Crippen molar-refractivity contribution in [3.63, 3.8) is 0 Å². The maximum absolute atomic E-state index is 4.11. The van der Waals surface area contributed by atoms with E-state index in [9.17, 15) is 0 Å². The van der Waals surface area contributed by atoms with Crippen molar-refractivity contribution < 1.29 is 0 Å². The van der Waals surface area contributed by atoms with Gasteiger partial charge < -0.3 is 4.90 Å². The number of benzene rings is 1. The number of rotatable bonds is 4. The number of hydrogen-bond acceptors (Lipinski definition) is 3. The Balaban J connectivity index is 0.00000147. The van der Waals surface area contributed by atoms with E-state index >= 15 is 0 Å². The summed E-state index contributed by atoms with van der Waals surface area (Å²) in [5, 5.41) is 3.58. The number of nitrogens with zero attached hydrogens (tertiary/aromatic N) is 2. The van der Waals surface area contributed by atoms with Crippen LogP contribution in [0.4, 0.5) is 11.4 Å². The zero-order valence-corrected chi connectivity index (χ0v) is 13.0. The van der Waals surface area contributed by atoms with Crippen LogP contribution in [-0.4, -0.2) is 11.5 Å². The molecule has 0 saturated heterocycles. The first-order chi connectivity index (χ1) is 9.40. The van der Waals surface area contributed by atoms with Crippen molar-refractivity contribution in [1.82, 2.24) is 4.98 Å². The van der Waals surface area contributed by atoms with Gasteiger partial charge in [0.25, 0.3) is 0 Å². The van der Waals surface area contributed by atoms with Gasteiger partial charge in [0.1, 0.15) is 0 Å². The molecule has 2 nitrogen and oxygen atoms in total. The number of thiophene rings is 1. The van der Waals surface area contributed by atoms with Gasteiger partial charge in [0, 0.05) is 40.1 Å². The number of hydrogen-bond donors (Lipinski definition) is 0. The quantitative estimate of drug-likeness (QED) is 0.653. The van der Waals surface area contributed by atoms with Crippen LogP contribution in [0.25, 0.3) is 10.1 Å². The van der Waals surface area contributed by atoms with Gasteiger partial charge in [-0.15, -0.1) is 23.7 Å². The lowest BCUT2D eigenvalue weighted by atomic mass is 10.2. The Morgan fingerprint density at radius 3 is 2.60 bits per heavy atom. The highest BCUT2D eigenvalue weighted by molar-refractivity contribution is 7.17. The maximum atomic E-state index is 4.11. The molecule has 2 aromatic heterocycles. The Bertz CT molecular complexity index is 666. The van der Waals surface area contributed by atoms with Crippen molar-refractivity contribution in [2.75, 3.05) is 11.4 Å². The smallest absolute Gasteiger partial charge is 0.0599 e. The summed E-state index contributed by atoms with van der Waals surface area (Å²) in [5.41, 5.74) is 2.51. The van der Waals surface area contributed by atoms with Crippen LogP contribution in [0.2, 0.25) is 0 Å². The molecule has 0 bridgehead atoms. The topological polar surface area (TPSA) is 16.1 Å². The van der Waals surface area contributed by atoms with Gasteiger partial charge in [-0.3, -0.25) is 4.98 Å². The fourth-order valence-corrected chi connectivity index (χ4v) is 3.26. The van der Waals surface area contributed by atoms with E-state index in [1.165, 1.54) is 21.5 Å². The van der Waals surface area contributed by atoms with Gasteiger partial charge in [-0.05, 0) is 24.6 Å². The fraction of sp³-hybridized carbons (Fsp3) is 0.188. The van der Waals surface area contributed by atoms with Crippen LogP contribution < -0.4 is 4.90 Å². The van der Waals surface area contributed by atoms with Crippen LogP contribution in [0.5, 0.6) is 0 Å². The number of halogens is 1. The van der Waals surface area contributed by atoms with E-state index in [-0.39, 0.29) is 12.4 Å². The molecular weight excluding hydrogens is 288 g/mol. The molecule has 0 amide bonds. The summed E-state index contributed by atoms with van der Waals surface area (Å²) in [6.07, 6.45) is 4.83. The van der Waals surface area contributed by atoms with Crippen molar-refractivity contribution in [2.45, 2.75) is 13.3 Å². The molecule has 3 aromatic rings. The zero-order chi connectivity index (χ0) is 13.1. The summed E-state index contributed by atoms with van der Waals surface area (Å²) in [6.45, 7) is 3.23. The maximum Gasteiger partial charge on any atom is 0.0599 e. The minimum absolute atomic E-state index is 0. The Hall–Kier alpha value is -1.58. The third-order valence-corrected chi connectivity index (χ3v) is 4.12. The first-order valence-corrected chi connectivity index (χ1v) is 7.42. The Morgan fingerprint density at radius 2 is 1.85 bits per heavy atom. The molecule has 104 valence electrons. The Labute approximate surface area is 129 Å². The average molecular weight is 305 g/mol. The van der Waals surface area contributed by atoms with E-state index in [1.54, 1.807) is 11.3 Å². The summed E-state index contributed by atoms with van der Waals surface area (Å²) in [5.74, 6) is 0. The number of anilines is 2. The van der Waals surface area contributed by atoms with Gasteiger partial charge >= 0.3 is 0 Å². The Morgan fingerprint density at radius 1 is 1.10 bits per heavy atom. The molecular formula is C16H17ClN2S. The third kappa shape index (κ3) is 2.79. The van der Waals surface area contributed by atoms with E-state index in [1.807, 2.05) is 12.4 Å². The molecule has 0 fully saturated rings. The average Bonchev–Trinajstić information content (AvgIpc) is 2.89. The van der Waals surface area contributed by atoms with Crippen LogP contribution in [-0.2, 0) is 0 Å². The molecule has 0 aliphatic heterocycles. The SMILES string of the molecule is CCCN(c1ccncc1)c1csc2ccccc12.Cl. The van der Waals surface area contributed by atoms with Crippen molar-refractivity contribution >= 4 is 45.2 Å². The third-order valence-electron chi connectivity index (χ3n) is 3.17. The molecule has 4 heteroatoms. The molecule has 0 aliphatic carbocycles. The molecule has 1 aromatic carbocycles. The number of fused-ring (bicyclic) bond motifs is 1. The van der Waals surface area contributed by atoms with Crippen LogP contribution >= 0.6 is 23.7 Å². The summed E-state index contributed by atoms with van der Waals surface area (Å²) >= 11 is 1.81. The van der Waals surface area contributed by atoms with Crippen molar-refractivity contribution in [1.29, 1.82) is 0 Å². The van der Waals surface area contributed by atoms with Gasteiger partial charge in [0.15, 0.2) is 0 Å². The second kappa shape index (κ2) is 6.73. The molecule has 0 spiro atoms. The molecule has 0 saturated carbocycles. The standard InChI is InChI=1S/C16H16N2S.ClH/c1-2-11-18(13-7-9-17-10-8-13)15-12-19-16-6-4-3-5-14(15)16;/h3-10,12H,2,11H2,1H3;1H. The van der Waals surface area contributed by atoms with E-state index < -0.39 is 0 Å². The lowest BCUT2D eigenvalue weighted by molar-refractivity contribution is 0.888. The number of aromatic nitrogens is 1. The van der Waals surface area contributed by atoms with Crippen LogP contribution in [0.1, 0.15) is 13.3 Å². The first kappa shape index (κ1) is 14.8. The molecule has 0 unspecified atom stereocenters. The van der Waals surface area contributed by atoms with E-state index in [0.717, 1.165) is 13.0 Å². The lowest BCUT2D eigenvalue weighted by Crippen LogP contribution is -2.17. The molecule has 3 rings (SSSR count). The van der Waals surface area contributed by atoms with Crippen LogP contribution in [0.3, 0.4) is 0 Å². The van der Waals surface area contributed by atoms with Crippen LogP contribution in [0.15, 0.2) is 54.2 Å². The Kier molecular flexibility index (Phi) is 4.99. The number of pyridine rings is 1. The normalized spacial score (nSPS) is 10.2. The van der Waals surface area contributed by atoms with Gasteiger partial charge in [-0.1, -0.05) is 25.1 Å². The molecule has 0 radical (unpaired) electrons. The monoisotopic (exact) mass is 304 g/mol. The predicted octanol–water partition coefficient (Wildman–Crippen LogP) is 5.27. The largest absolute Gasteiger partial charge is 0.340 e. The molecule has 2 heterocycles. The fourth-order valence-electron chi connectivity index (χ4n) is 2.31. The highest BCUT2D eigenvalue weighted by Crippen LogP contribution is 2.36. The molecule has 0 aliphatic rings. The van der Waals surface area contributed by atoms with Crippen LogP contribution in [0, 0.1) is 0 Å². The van der Waals surface area contributed by atoms with Gasteiger partial charge in [0.2, 0.25) is 0 Å². The predicted molar refractivity (Wildman–Crippen MR) is 90.6 cm³/mol. The van der Waals surface area contributed by atoms with Gasteiger partial charge in [0.05, 0.1) is 5.69 Å². The second-order valence-electron chi connectivity index (χ2n) is 4.47. The highest BCUT2D eigenvalue weighted by Gasteiger charge is 2.12.